The molecule has 0 fully saturated rings. The molecule has 3 N–H and O–H groups in total. The van der Waals surface area contributed by atoms with Crippen molar-refractivity contribution in [2.75, 3.05) is 5.73 Å². The highest BCUT2D eigenvalue weighted by molar-refractivity contribution is 5.91. The van der Waals surface area contributed by atoms with E-state index in [-0.39, 0.29) is 5.76 Å². The number of nitrogens with zero attached hydrogens (tertiary/aromatic N) is 1. The Bertz CT molecular complexity index is 1050. The van der Waals surface area contributed by atoms with Gasteiger partial charge in [-0.15, -0.1) is 0 Å². The van der Waals surface area contributed by atoms with E-state index in [2.05, 4.69) is 11.6 Å². The van der Waals surface area contributed by atoms with Crippen molar-refractivity contribution in [2.24, 2.45) is 0 Å². The molecule has 22 heavy (non-hydrogen) atoms. The number of nitrogen functional groups attached to an aromatic ring is 1. The molecule has 0 aliphatic carbocycles. The van der Waals surface area contributed by atoms with Crippen molar-refractivity contribution in [3.05, 3.63) is 58.1 Å². The van der Waals surface area contributed by atoms with E-state index in [4.69, 9.17) is 10.5 Å². The predicted octanol–water partition coefficient (Wildman–Crippen LogP) is 2.36. The van der Waals surface area contributed by atoms with E-state index in [0.717, 1.165) is 16.5 Å². The summed E-state index contributed by atoms with van der Waals surface area (Å²) < 4.78 is 6.04. The van der Waals surface area contributed by atoms with Crippen LogP contribution in [0.25, 0.3) is 23.2 Å². The van der Waals surface area contributed by atoms with Gasteiger partial charge in [0.25, 0.3) is 0 Å². The molecule has 0 unspecified atom stereocenters. The lowest BCUT2D eigenvalue weighted by Crippen LogP contribution is -2.18. The zero-order valence-electron chi connectivity index (χ0n) is 12.1. The van der Waals surface area contributed by atoms with Crippen LogP contribution in [0.15, 0.2) is 36.4 Å². The lowest BCUT2D eigenvalue weighted by Gasteiger charge is -2.19. The number of aromatic nitrogens is 1. The highest BCUT2D eigenvalue weighted by atomic mass is 16.5. The summed E-state index contributed by atoms with van der Waals surface area (Å²) in [7, 11) is 0. The summed E-state index contributed by atoms with van der Waals surface area (Å²) in [5.41, 5.74) is 8.85. The second-order valence-electron chi connectivity index (χ2n) is 5.47. The largest absolute Gasteiger partial charge is 0.506 e. The SMILES string of the molecule is C=c1cc(C)c2c3c(ccc2n1)=C(O)c1ccc(N)cc1O3. The van der Waals surface area contributed by atoms with E-state index < -0.39 is 0 Å². The lowest BCUT2D eigenvalue weighted by atomic mass is 10.0. The average molecular weight is 290 g/mol. The third kappa shape index (κ3) is 1.67. The van der Waals surface area contributed by atoms with Gasteiger partial charge >= 0.3 is 0 Å². The van der Waals surface area contributed by atoms with Crippen LogP contribution in [0.2, 0.25) is 0 Å². The molecule has 0 radical (unpaired) electrons. The molecular formula is C18H14N2O2. The van der Waals surface area contributed by atoms with E-state index in [1.807, 2.05) is 25.1 Å². The summed E-state index contributed by atoms with van der Waals surface area (Å²) in [6, 6.07) is 10.8. The summed E-state index contributed by atoms with van der Waals surface area (Å²) in [5.74, 6) is 1.35. The van der Waals surface area contributed by atoms with Crippen LogP contribution in [0.5, 0.6) is 11.5 Å². The summed E-state index contributed by atoms with van der Waals surface area (Å²) >= 11 is 0. The minimum atomic E-state index is 0.191. The van der Waals surface area contributed by atoms with Gasteiger partial charge in [-0.05, 0) is 42.8 Å². The van der Waals surface area contributed by atoms with Crippen LogP contribution in [-0.4, -0.2) is 10.1 Å². The first kappa shape index (κ1) is 12.7. The molecule has 0 spiro atoms. The number of nitrogens with two attached hydrogens (primary N) is 1. The quantitative estimate of drug-likeness (QED) is 0.624. The molecule has 0 amide bonds. The fraction of sp³-hybridized carbons (Fsp3) is 0.0556. The maximum Gasteiger partial charge on any atom is 0.148 e. The number of fused-ring (bicyclic) bond motifs is 4. The van der Waals surface area contributed by atoms with Crippen LogP contribution in [0.1, 0.15) is 11.1 Å². The van der Waals surface area contributed by atoms with Crippen LogP contribution in [-0.2, 0) is 0 Å². The summed E-state index contributed by atoms with van der Waals surface area (Å²) in [6.07, 6.45) is 0. The topological polar surface area (TPSA) is 68.4 Å². The molecule has 1 aromatic heterocycles. The standard InChI is InChI=1S/C18H14N2O2/c1-9-7-10(2)20-14-6-5-13-17(21)12-4-3-11(19)8-15(12)22-18(13)16(9)14/h3-8,21H,2,19H2,1H3. The van der Waals surface area contributed by atoms with Gasteiger partial charge < -0.3 is 15.6 Å². The molecule has 3 aromatic rings. The molecule has 0 atom stereocenters. The van der Waals surface area contributed by atoms with E-state index in [1.165, 1.54) is 0 Å². The van der Waals surface area contributed by atoms with Crippen molar-refractivity contribution in [3.63, 3.8) is 0 Å². The number of rotatable bonds is 0. The molecule has 4 heteroatoms. The van der Waals surface area contributed by atoms with E-state index >= 15 is 0 Å². The Kier molecular flexibility index (Phi) is 2.45. The number of benzene rings is 2. The van der Waals surface area contributed by atoms with Crippen LogP contribution in [0.4, 0.5) is 5.69 Å². The molecule has 0 saturated heterocycles. The van der Waals surface area contributed by atoms with Crippen molar-refractivity contribution in [1.29, 1.82) is 0 Å². The molecule has 2 aromatic carbocycles. The van der Waals surface area contributed by atoms with E-state index in [1.54, 1.807) is 18.2 Å². The van der Waals surface area contributed by atoms with Crippen LogP contribution in [0.3, 0.4) is 0 Å². The van der Waals surface area contributed by atoms with Crippen molar-refractivity contribution >= 4 is 28.9 Å². The van der Waals surface area contributed by atoms with Gasteiger partial charge in [0, 0.05) is 17.1 Å². The monoisotopic (exact) mass is 290 g/mol. The molecule has 2 heterocycles. The smallest absolute Gasteiger partial charge is 0.148 e. The predicted molar refractivity (Wildman–Crippen MR) is 87.3 cm³/mol. The van der Waals surface area contributed by atoms with Gasteiger partial charge in [0.1, 0.15) is 17.3 Å². The molecule has 0 bridgehead atoms. The Labute approximate surface area is 126 Å². The minimum Gasteiger partial charge on any atom is -0.506 e. The lowest BCUT2D eigenvalue weighted by molar-refractivity contribution is 0.446. The van der Waals surface area contributed by atoms with Crippen molar-refractivity contribution in [2.45, 2.75) is 6.92 Å². The van der Waals surface area contributed by atoms with Gasteiger partial charge in [-0.25, -0.2) is 4.98 Å². The van der Waals surface area contributed by atoms with E-state index in [9.17, 15) is 5.11 Å². The highest BCUT2D eigenvalue weighted by Gasteiger charge is 2.21. The van der Waals surface area contributed by atoms with Crippen molar-refractivity contribution in [1.82, 2.24) is 4.98 Å². The number of anilines is 1. The fourth-order valence-corrected chi connectivity index (χ4v) is 2.92. The van der Waals surface area contributed by atoms with Crippen molar-refractivity contribution < 1.29 is 9.84 Å². The fourth-order valence-electron chi connectivity index (χ4n) is 2.92. The zero-order chi connectivity index (χ0) is 15.4. The first-order valence-corrected chi connectivity index (χ1v) is 6.95. The van der Waals surface area contributed by atoms with Gasteiger partial charge in [0.05, 0.1) is 21.6 Å². The number of pyridine rings is 1. The molecule has 1 aliphatic rings. The molecule has 0 saturated carbocycles. The summed E-state index contributed by atoms with van der Waals surface area (Å²) in [6.45, 7) is 5.86. The highest BCUT2D eigenvalue weighted by Crippen LogP contribution is 2.36. The maximum atomic E-state index is 10.6. The third-order valence-electron chi connectivity index (χ3n) is 3.91. The van der Waals surface area contributed by atoms with Gasteiger partial charge in [0.2, 0.25) is 0 Å². The van der Waals surface area contributed by atoms with Crippen LogP contribution < -0.4 is 21.0 Å². The number of hydrogen-bond donors (Lipinski definition) is 2. The number of aliphatic hydroxyl groups is 1. The Morgan fingerprint density at radius 2 is 2.00 bits per heavy atom. The molecule has 4 rings (SSSR count). The first-order valence-electron chi connectivity index (χ1n) is 6.95. The number of hydrogen-bond acceptors (Lipinski definition) is 4. The summed E-state index contributed by atoms with van der Waals surface area (Å²) in [5, 5.41) is 12.8. The maximum absolute atomic E-state index is 10.6. The Morgan fingerprint density at radius 3 is 2.82 bits per heavy atom. The van der Waals surface area contributed by atoms with Gasteiger partial charge in [-0.3, -0.25) is 0 Å². The molecular weight excluding hydrogens is 276 g/mol. The number of aryl methyl sites for hydroxylation is 1. The van der Waals surface area contributed by atoms with E-state index in [0.29, 0.717) is 33.3 Å². The molecule has 108 valence electrons. The molecule has 4 nitrogen and oxygen atoms in total. The van der Waals surface area contributed by atoms with Gasteiger partial charge in [-0.1, -0.05) is 6.58 Å². The van der Waals surface area contributed by atoms with Crippen molar-refractivity contribution in [3.8, 4) is 11.5 Å². The minimum absolute atomic E-state index is 0.191. The molecule has 1 aliphatic heterocycles. The Hall–Kier alpha value is -3.01. The number of ether oxygens (including phenoxy) is 1. The second-order valence-corrected chi connectivity index (χ2v) is 5.47. The Morgan fingerprint density at radius 1 is 1.18 bits per heavy atom. The third-order valence-corrected chi connectivity index (χ3v) is 3.91. The van der Waals surface area contributed by atoms with Crippen LogP contribution >= 0.6 is 0 Å². The average Bonchev–Trinajstić information content (AvgIpc) is 2.46. The number of aliphatic hydroxyl groups excluding tert-OH is 1. The normalized spacial score (nSPS) is 12.7. The zero-order valence-corrected chi connectivity index (χ0v) is 12.1. The Balaban J connectivity index is 2.17. The second kappa shape index (κ2) is 4.24. The summed E-state index contributed by atoms with van der Waals surface area (Å²) in [4.78, 5) is 4.44. The first-order chi connectivity index (χ1) is 10.5. The van der Waals surface area contributed by atoms with Gasteiger partial charge in [0.15, 0.2) is 0 Å². The van der Waals surface area contributed by atoms with Gasteiger partial charge in [-0.2, -0.15) is 0 Å². The van der Waals surface area contributed by atoms with Crippen LogP contribution in [0, 0.1) is 6.92 Å².